The molecule has 4 aliphatic rings. The van der Waals surface area contributed by atoms with E-state index in [0.29, 0.717) is 12.8 Å². The fourth-order valence-corrected chi connectivity index (χ4v) is 11.9. The SMILES string of the molecule is CN1C(=O)[C@@H]2[C@H](C1=O)[C@]13CCCCCCCCCCCCCC[C@]2(C(Br)=C1Br)S3=O. The van der Waals surface area contributed by atoms with E-state index in [2.05, 4.69) is 31.9 Å². The standard InChI is InChI=1S/C23H33Br2NO3S/c1-26-20(27)16-17(21(26)28)23-15-13-11-9-7-5-3-2-4-6-8-10-12-14-22(16,30(23)29)18(24)19(23)25/h16-17H,2-15H2,1H3/t16-,17+,22-,23+,30?. The zero-order valence-corrected chi connectivity index (χ0v) is 21.9. The van der Waals surface area contributed by atoms with Gasteiger partial charge in [0.1, 0.15) is 0 Å². The molecule has 0 aliphatic carbocycles. The van der Waals surface area contributed by atoms with E-state index in [1.54, 1.807) is 7.05 Å². The first-order valence-electron chi connectivity index (χ1n) is 11.7. The summed E-state index contributed by atoms with van der Waals surface area (Å²) in [6, 6.07) is 0. The Balaban J connectivity index is 1.69. The number of amides is 2. The number of likely N-dealkylation sites (tertiary alicyclic amines) is 1. The van der Waals surface area contributed by atoms with Crippen LogP contribution in [0.25, 0.3) is 0 Å². The summed E-state index contributed by atoms with van der Waals surface area (Å²) in [6.07, 6.45) is 15.7. The first-order chi connectivity index (χ1) is 14.4. The molecule has 4 heterocycles. The maximum Gasteiger partial charge on any atom is 0.234 e. The molecule has 4 aliphatic heterocycles. The maximum absolute atomic E-state index is 14.2. The minimum absolute atomic E-state index is 0.133. The fraction of sp³-hybridized carbons (Fsp3) is 0.826. The van der Waals surface area contributed by atoms with Gasteiger partial charge < -0.3 is 0 Å². The average Bonchev–Trinajstić information content (AvgIpc) is 3.16. The van der Waals surface area contributed by atoms with Gasteiger partial charge in [0, 0.05) is 26.8 Å². The Kier molecular flexibility index (Phi) is 7.02. The Labute approximate surface area is 199 Å². The topological polar surface area (TPSA) is 54.5 Å². The third-order valence-corrected chi connectivity index (χ3v) is 13.9. The van der Waals surface area contributed by atoms with Gasteiger partial charge in [-0.05, 0) is 12.8 Å². The molecule has 0 aromatic rings. The predicted molar refractivity (Wildman–Crippen MR) is 128 cm³/mol. The number of hydrogen-bond donors (Lipinski definition) is 0. The molecule has 0 spiro atoms. The van der Waals surface area contributed by atoms with E-state index < -0.39 is 32.1 Å². The van der Waals surface area contributed by atoms with Gasteiger partial charge in [-0.25, -0.2) is 0 Å². The van der Waals surface area contributed by atoms with Crippen LogP contribution in [0.4, 0.5) is 0 Å². The molecule has 4 nitrogen and oxygen atoms in total. The molecule has 2 amide bonds. The van der Waals surface area contributed by atoms with E-state index in [4.69, 9.17) is 0 Å². The Hall–Kier alpha value is -0.0100. The molecule has 0 N–H and O–H groups in total. The van der Waals surface area contributed by atoms with Gasteiger partial charge in [0.25, 0.3) is 0 Å². The Bertz CT molecular complexity index is 724. The number of carbonyl (C=O) groups excluding carboxylic acids is 2. The van der Waals surface area contributed by atoms with Crippen LogP contribution < -0.4 is 0 Å². The summed E-state index contributed by atoms with van der Waals surface area (Å²) in [5, 5.41) is 0. The second kappa shape index (κ2) is 9.09. The lowest BCUT2D eigenvalue weighted by molar-refractivity contribution is -0.138. The zero-order chi connectivity index (χ0) is 21.5. The molecule has 30 heavy (non-hydrogen) atoms. The number of nitrogens with zero attached hydrogens (tertiary/aromatic N) is 1. The van der Waals surface area contributed by atoms with Gasteiger partial charge in [0.15, 0.2) is 0 Å². The first-order valence-corrected chi connectivity index (χ1v) is 14.4. The van der Waals surface area contributed by atoms with Crippen LogP contribution in [0.15, 0.2) is 8.96 Å². The molecular weight excluding hydrogens is 530 g/mol. The highest BCUT2D eigenvalue weighted by molar-refractivity contribution is 9.14. The van der Waals surface area contributed by atoms with Crippen LogP contribution in [0.3, 0.4) is 0 Å². The van der Waals surface area contributed by atoms with Crippen molar-refractivity contribution >= 4 is 54.5 Å². The maximum atomic E-state index is 14.2. The van der Waals surface area contributed by atoms with Crippen molar-refractivity contribution in [3.8, 4) is 0 Å². The van der Waals surface area contributed by atoms with Crippen molar-refractivity contribution in [1.29, 1.82) is 0 Å². The smallest absolute Gasteiger partial charge is 0.234 e. The second-order valence-electron chi connectivity index (χ2n) is 9.61. The molecule has 3 fully saturated rings. The van der Waals surface area contributed by atoms with Gasteiger partial charge in [-0.1, -0.05) is 109 Å². The third-order valence-electron chi connectivity index (χ3n) is 7.98. The van der Waals surface area contributed by atoms with Crippen LogP contribution in [0, 0.1) is 11.8 Å². The average molecular weight is 563 g/mol. The van der Waals surface area contributed by atoms with Gasteiger partial charge in [-0.3, -0.25) is 18.7 Å². The molecule has 2 bridgehead atoms. The van der Waals surface area contributed by atoms with Crippen molar-refractivity contribution in [2.24, 2.45) is 11.8 Å². The molecule has 4 rings (SSSR count). The number of halogens is 2. The molecule has 7 heteroatoms. The lowest BCUT2D eigenvalue weighted by Crippen LogP contribution is -2.42. The number of imide groups is 1. The summed E-state index contributed by atoms with van der Waals surface area (Å²) in [7, 11) is 0.319. The Morgan fingerprint density at radius 1 is 0.700 bits per heavy atom. The van der Waals surface area contributed by atoms with Crippen molar-refractivity contribution in [2.45, 2.75) is 99.4 Å². The number of carbonyl (C=O) groups is 2. The van der Waals surface area contributed by atoms with Crippen LogP contribution in [-0.4, -0.2) is 37.5 Å². The second-order valence-corrected chi connectivity index (χ2v) is 13.2. The van der Waals surface area contributed by atoms with Crippen LogP contribution >= 0.6 is 31.9 Å². The van der Waals surface area contributed by atoms with E-state index in [0.717, 1.165) is 34.6 Å². The number of fused-ring (bicyclic) bond motifs is 1. The predicted octanol–water partition coefficient (Wildman–Crippen LogP) is 5.95. The zero-order valence-electron chi connectivity index (χ0n) is 17.9. The van der Waals surface area contributed by atoms with Gasteiger partial charge in [-0.15, -0.1) is 0 Å². The van der Waals surface area contributed by atoms with Gasteiger partial charge in [-0.2, -0.15) is 0 Å². The normalized spacial score (nSPS) is 41.3. The van der Waals surface area contributed by atoms with Crippen molar-refractivity contribution in [2.75, 3.05) is 7.05 Å². The van der Waals surface area contributed by atoms with Crippen LogP contribution in [0.1, 0.15) is 89.9 Å². The van der Waals surface area contributed by atoms with Crippen molar-refractivity contribution in [3.05, 3.63) is 8.96 Å². The summed E-state index contributed by atoms with van der Waals surface area (Å²) in [5.74, 6) is -1.23. The third kappa shape index (κ3) is 3.27. The molecule has 0 saturated carbocycles. The van der Waals surface area contributed by atoms with Crippen LogP contribution in [-0.2, 0) is 20.4 Å². The van der Waals surface area contributed by atoms with Crippen molar-refractivity contribution in [3.63, 3.8) is 0 Å². The summed E-state index contributed by atoms with van der Waals surface area (Å²) in [6.45, 7) is 0. The minimum Gasteiger partial charge on any atom is -0.285 e. The number of hydrogen-bond acceptors (Lipinski definition) is 3. The lowest BCUT2D eigenvalue weighted by atomic mass is 9.69. The minimum atomic E-state index is -1.28. The molecule has 168 valence electrons. The summed E-state index contributed by atoms with van der Waals surface area (Å²) < 4.78 is 14.5. The number of rotatable bonds is 0. The molecule has 0 radical (unpaired) electrons. The highest BCUT2D eigenvalue weighted by Gasteiger charge is 2.79. The molecule has 3 saturated heterocycles. The summed E-state index contributed by atoms with van der Waals surface area (Å²) in [5.41, 5.74) is 0. The Morgan fingerprint density at radius 2 is 1.00 bits per heavy atom. The monoisotopic (exact) mass is 561 g/mol. The van der Waals surface area contributed by atoms with Gasteiger partial charge >= 0.3 is 0 Å². The van der Waals surface area contributed by atoms with E-state index in [1.807, 2.05) is 0 Å². The van der Waals surface area contributed by atoms with E-state index in [-0.39, 0.29) is 11.8 Å². The molecular formula is C23H33Br2NO3S. The van der Waals surface area contributed by atoms with E-state index in [1.165, 1.54) is 56.3 Å². The van der Waals surface area contributed by atoms with Crippen LogP contribution in [0.5, 0.6) is 0 Å². The van der Waals surface area contributed by atoms with Crippen molar-refractivity contribution in [1.82, 2.24) is 4.90 Å². The van der Waals surface area contributed by atoms with Crippen molar-refractivity contribution < 1.29 is 13.8 Å². The highest BCUT2D eigenvalue weighted by atomic mass is 79.9. The van der Waals surface area contributed by atoms with E-state index >= 15 is 0 Å². The van der Waals surface area contributed by atoms with Gasteiger partial charge in [0.2, 0.25) is 11.8 Å². The van der Waals surface area contributed by atoms with Crippen LogP contribution in [0.2, 0.25) is 0 Å². The Morgan fingerprint density at radius 3 is 1.33 bits per heavy atom. The molecule has 0 aromatic carbocycles. The first kappa shape index (κ1) is 23.2. The van der Waals surface area contributed by atoms with E-state index in [9.17, 15) is 13.8 Å². The van der Waals surface area contributed by atoms with Gasteiger partial charge in [0.05, 0.1) is 21.3 Å². The lowest BCUT2D eigenvalue weighted by Gasteiger charge is -2.33. The molecule has 0 aromatic heterocycles. The quantitative estimate of drug-likeness (QED) is 0.343. The fourth-order valence-electron chi connectivity index (χ4n) is 6.37. The summed E-state index contributed by atoms with van der Waals surface area (Å²) >= 11 is 7.56. The molecule has 1 unspecified atom stereocenters. The largest absolute Gasteiger partial charge is 0.285 e. The molecule has 5 atom stereocenters. The highest BCUT2D eigenvalue weighted by Crippen LogP contribution is 2.70. The summed E-state index contributed by atoms with van der Waals surface area (Å²) in [4.78, 5) is 27.7.